The van der Waals surface area contributed by atoms with Gasteiger partial charge in [-0.3, -0.25) is 9.69 Å². The number of benzene rings is 2. The molecule has 1 amide bonds. The van der Waals surface area contributed by atoms with Crippen molar-refractivity contribution >= 4 is 40.1 Å². The van der Waals surface area contributed by atoms with Crippen LogP contribution in [0.4, 0.5) is 0 Å². The lowest BCUT2D eigenvalue weighted by atomic mass is 10.1. The molecule has 1 saturated heterocycles. The van der Waals surface area contributed by atoms with Crippen LogP contribution in [0.2, 0.25) is 5.02 Å². The van der Waals surface area contributed by atoms with Crippen molar-refractivity contribution in [3.05, 3.63) is 67.7 Å². The van der Waals surface area contributed by atoms with Crippen LogP contribution in [-0.4, -0.2) is 36.6 Å². The van der Waals surface area contributed by atoms with Gasteiger partial charge in [0.15, 0.2) is 0 Å². The Balaban J connectivity index is 1.60. The van der Waals surface area contributed by atoms with Crippen molar-refractivity contribution in [3.8, 4) is 0 Å². The second-order valence-corrected chi connectivity index (χ2v) is 8.14. The molecule has 0 radical (unpaired) electrons. The summed E-state index contributed by atoms with van der Waals surface area (Å²) in [6, 6.07) is 13.7. The van der Waals surface area contributed by atoms with Gasteiger partial charge in [-0.25, -0.2) is 0 Å². The van der Waals surface area contributed by atoms with E-state index < -0.39 is 0 Å². The van der Waals surface area contributed by atoms with Gasteiger partial charge >= 0.3 is 0 Å². The van der Waals surface area contributed by atoms with Gasteiger partial charge in [-0.2, -0.15) is 0 Å². The number of ether oxygens (including phenoxy) is 1. The van der Waals surface area contributed by atoms with Crippen LogP contribution in [-0.2, 0) is 17.8 Å². The van der Waals surface area contributed by atoms with Gasteiger partial charge in [0.1, 0.15) is 0 Å². The van der Waals surface area contributed by atoms with Gasteiger partial charge in [0.2, 0.25) is 0 Å². The molecule has 4 nitrogen and oxygen atoms in total. The highest BCUT2D eigenvalue weighted by Gasteiger charge is 2.16. The third-order valence-corrected chi connectivity index (χ3v) is 5.52. The zero-order valence-electron chi connectivity index (χ0n) is 14.7. The molecule has 0 bridgehead atoms. The number of carbonyl (C=O) groups is 1. The summed E-state index contributed by atoms with van der Waals surface area (Å²) in [7, 11) is 0. The zero-order valence-corrected chi connectivity index (χ0v) is 17.6. The summed E-state index contributed by atoms with van der Waals surface area (Å²) in [6.45, 7) is 6.20. The fourth-order valence-electron chi connectivity index (χ4n) is 3.08. The molecule has 1 fully saturated rings. The SMILES string of the molecule is CC1CN(Cc2cccc(CNC(=O)c3cc(Cl)ccc3I)c2)CCO1. The van der Waals surface area contributed by atoms with Crippen LogP contribution in [0, 0.1) is 3.57 Å². The van der Waals surface area contributed by atoms with Crippen molar-refractivity contribution in [2.75, 3.05) is 19.7 Å². The molecule has 1 aliphatic heterocycles. The van der Waals surface area contributed by atoms with Crippen molar-refractivity contribution in [2.24, 2.45) is 0 Å². The Morgan fingerprint density at radius 1 is 1.31 bits per heavy atom. The Kier molecular flexibility index (Phi) is 6.92. The summed E-state index contributed by atoms with van der Waals surface area (Å²) in [5.41, 5.74) is 2.95. The average Bonchev–Trinajstić information content (AvgIpc) is 2.62. The molecule has 138 valence electrons. The number of halogens is 2. The summed E-state index contributed by atoms with van der Waals surface area (Å²) in [6.07, 6.45) is 0.284. The molecule has 1 N–H and O–H groups in total. The Morgan fingerprint density at radius 2 is 2.12 bits per heavy atom. The molecule has 0 spiro atoms. The van der Waals surface area contributed by atoms with Crippen LogP contribution in [0.1, 0.15) is 28.4 Å². The number of nitrogens with zero attached hydrogens (tertiary/aromatic N) is 1. The lowest BCUT2D eigenvalue weighted by Gasteiger charge is -2.31. The summed E-state index contributed by atoms with van der Waals surface area (Å²) in [4.78, 5) is 14.8. The number of hydrogen-bond acceptors (Lipinski definition) is 3. The van der Waals surface area contributed by atoms with Crippen LogP contribution in [0.5, 0.6) is 0 Å². The highest BCUT2D eigenvalue weighted by molar-refractivity contribution is 14.1. The molecular formula is C20H22ClIN2O2. The van der Waals surface area contributed by atoms with Gasteiger partial charge in [0.25, 0.3) is 5.91 Å². The lowest BCUT2D eigenvalue weighted by Crippen LogP contribution is -2.40. The van der Waals surface area contributed by atoms with Gasteiger partial charge < -0.3 is 10.1 Å². The largest absolute Gasteiger partial charge is 0.376 e. The van der Waals surface area contributed by atoms with Crippen molar-refractivity contribution in [2.45, 2.75) is 26.1 Å². The normalized spacial score (nSPS) is 17.9. The van der Waals surface area contributed by atoms with Crippen LogP contribution in [0.3, 0.4) is 0 Å². The topological polar surface area (TPSA) is 41.6 Å². The third-order valence-electron chi connectivity index (χ3n) is 4.35. The molecule has 1 aliphatic rings. The summed E-state index contributed by atoms with van der Waals surface area (Å²) >= 11 is 8.15. The van der Waals surface area contributed by atoms with E-state index in [1.807, 2.05) is 18.2 Å². The molecular weight excluding hydrogens is 463 g/mol. The fraction of sp³-hybridized carbons (Fsp3) is 0.350. The van der Waals surface area contributed by atoms with E-state index in [1.165, 1.54) is 5.56 Å². The molecule has 0 aliphatic carbocycles. The minimum Gasteiger partial charge on any atom is -0.376 e. The first-order valence-corrected chi connectivity index (χ1v) is 10.1. The molecule has 0 saturated carbocycles. The molecule has 6 heteroatoms. The third kappa shape index (κ3) is 5.42. The maximum atomic E-state index is 12.4. The van der Waals surface area contributed by atoms with Gasteiger partial charge in [0.05, 0.1) is 18.3 Å². The highest BCUT2D eigenvalue weighted by Crippen LogP contribution is 2.18. The second-order valence-electron chi connectivity index (χ2n) is 6.54. The van der Waals surface area contributed by atoms with Crippen LogP contribution < -0.4 is 5.32 Å². The van der Waals surface area contributed by atoms with Gasteiger partial charge in [-0.05, 0) is 58.8 Å². The number of amides is 1. The van der Waals surface area contributed by atoms with Crippen LogP contribution >= 0.6 is 34.2 Å². The van der Waals surface area contributed by atoms with Gasteiger partial charge in [0, 0.05) is 34.8 Å². The predicted molar refractivity (Wildman–Crippen MR) is 112 cm³/mol. The number of morpholine rings is 1. The number of nitrogens with one attached hydrogen (secondary N) is 1. The average molecular weight is 485 g/mol. The van der Waals surface area contributed by atoms with Crippen molar-refractivity contribution in [1.29, 1.82) is 0 Å². The maximum absolute atomic E-state index is 12.4. The van der Waals surface area contributed by atoms with E-state index in [4.69, 9.17) is 16.3 Å². The minimum atomic E-state index is -0.107. The van der Waals surface area contributed by atoms with E-state index >= 15 is 0 Å². The van der Waals surface area contributed by atoms with Crippen LogP contribution in [0.25, 0.3) is 0 Å². The van der Waals surface area contributed by atoms with E-state index in [-0.39, 0.29) is 12.0 Å². The van der Waals surface area contributed by atoms with E-state index in [0.717, 1.165) is 35.4 Å². The highest BCUT2D eigenvalue weighted by atomic mass is 127. The van der Waals surface area contributed by atoms with Crippen molar-refractivity contribution in [3.63, 3.8) is 0 Å². The first-order chi connectivity index (χ1) is 12.5. The second kappa shape index (κ2) is 9.17. The standard InChI is InChI=1S/C20H22ClIN2O2/c1-14-12-24(7-8-26-14)13-16-4-2-3-15(9-16)11-23-20(25)18-10-17(21)5-6-19(18)22/h2-6,9-10,14H,7-8,11-13H2,1H3,(H,23,25). The van der Waals surface area contributed by atoms with E-state index in [0.29, 0.717) is 17.1 Å². The smallest absolute Gasteiger partial charge is 0.252 e. The molecule has 1 heterocycles. The Bertz CT molecular complexity index is 784. The number of rotatable bonds is 5. The number of carbonyl (C=O) groups excluding carboxylic acids is 1. The summed E-state index contributed by atoms with van der Waals surface area (Å²) < 4.78 is 6.48. The first-order valence-electron chi connectivity index (χ1n) is 8.66. The van der Waals surface area contributed by atoms with E-state index in [2.05, 4.69) is 51.9 Å². The first kappa shape index (κ1) is 19.6. The molecule has 1 atom stereocenters. The molecule has 26 heavy (non-hydrogen) atoms. The summed E-state index contributed by atoms with van der Waals surface area (Å²) in [5, 5.41) is 3.55. The fourth-order valence-corrected chi connectivity index (χ4v) is 3.83. The van der Waals surface area contributed by atoms with E-state index in [9.17, 15) is 4.79 Å². The Morgan fingerprint density at radius 3 is 2.92 bits per heavy atom. The Hall–Kier alpha value is -1.15. The quantitative estimate of drug-likeness (QED) is 0.650. The number of hydrogen-bond donors (Lipinski definition) is 1. The van der Waals surface area contributed by atoms with Crippen LogP contribution in [0.15, 0.2) is 42.5 Å². The maximum Gasteiger partial charge on any atom is 0.252 e. The molecule has 2 aromatic carbocycles. The van der Waals surface area contributed by atoms with E-state index in [1.54, 1.807) is 12.1 Å². The van der Waals surface area contributed by atoms with Crippen molar-refractivity contribution < 1.29 is 9.53 Å². The lowest BCUT2D eigenvalue weighted by molar-refractivity contribution is -0.0212. The monoisotopic (exact) mass is 484 g/mol. The Labute approximate surface area is 173 Å². The van der Waals surface area contributed by atoms with Gasteiger partial charge in [-0.15, -0.1) is 0 Å². The van der Waals surface area contributed by atoms with Crippen molar-refractivity contribution in [1.82, 2.24) is 10.2 Å². The molecule has 1 unspecified atom stereocenters. The minimum absolute atomic E-state index is 0.107. The molecule has 2 aromatic rings. The summed E-state index contributed by atoms with van der Waals surface area (Å²) in [5.74, 6) is -0.107. The molecule has 3 rings (SSSR count). The van der Waals surface area contributed by atoms with Gasteiger partial charge in [-0.1, -0.05) is 35.9 Å². The molecule has 0 aromatic heterocycles. The zero-order chi connectivity index (χ0) is 18.5. The predicted octanol–water partition coefficient (Wildman–Crippen LogP) is 4.10.